The molecule has 0 bridgehead atoms. The molecular formula is C11H19N5O2. The van der Waals surface area contributed by atoms with E-state index < -0.39 is 0 Å². The van der Waals surface area contributed by atoms with Gasteiger partial charge in [-0.2, -0.15) is 0 Å². The highest BCUT2D eigenvalue weighted by atomic mass is 16.5. The number of hydrogen-bond acceptors (Lipinski definition) is 6. The average molecular weight is 253 g/mol. The van der Waals surface area contributed by atoms with Crippen molar-refractivity contribution in [2.45, 2.75) is 19.3 Å². The zero-order valence-electron chi connectivity index (χ0n) is 10.7. The third kappa shape index (κ3) is 4.08. The van der Waals surface area contributed by atoms with E-state index in [1.165, 1.54) is 6.33 Å². The maximum Gasteiger partial charge on any atom is 0.217 e. The van der Waals surface area contributed by atoms with E-state index >= 15 is 0 Å². The summed E-state index contributed by atoms with van der Waals surface area (Å²) in [4.78, 5) is 18.7. The van der Waals surface area contributed by atoms with Crippen LogP contribution in [0.2, 0.25) is 0 Å². The fraction of sp³-hybridized carbons (Fsp3) is 0.545. The molecule has 0 aliphatic carbocycles. The van der Waals surface area contributed by atoms with E-state index in [1.54, 1.807) is 14.2 Å². The fourth-order valence-electron chi connectivity index (χ4n) is 1.50. The predicted octanol–water partition coefficient (Wildman–Crippen LogP) is 0.594. The van der Waals surface area contributed by atoms with Crippen molar-refractivity contribution >= 4 is 17.5 Å². The Bertz CT molecular complexity index is 397. The van der Waals surface area contributed by atoms with Crippen LogP contribution >= 0.6 is 0 Å². The molecule has 0 spiro atoms. The maximum absolute atomic E-state index is 10.6. The molecule has 0 saturated heterocycles. The highest BCUT2D eigenvalue weighted by Gasteiger charge is 2.09. The number of amides is 1. The Hall–Kier alpha value is -2.05. The number of methoxy groups -OCH3 is 1. The summed E-state index contributed by atoms with van der Waals surface area (Å²) in [7, 11) is 3.33. The second-order valence-electron chi connectivity index (χ2n) is 3.70. The molecule has 1 amide bonds. The molecule has 1 rings (SSSR count). The molecule has 0 aliphatic rings. The first-order chi connectivity index (χ1) is 8.69. The lowest BCUT2D eigenvalue weighted by atomic mass is 10.2. The minimum absolute atomic E-state index is 0.271. The topological polar surface area (TPSA) is 102 Å². The van der Waals surface area contributed by atoms with Crippen LogP contribution in [0.15, 0.2) is 6.33 Å². The fourth-order valence-corrected chi connectivity index (χ4v) is 1.50. The Morgan fingerprint density at radius 2 is 2.11 bits per heavy atom. The van der Waals surface area contributed by atoms with Crippen LogP contribution in [0.3, 0.4) is 0 Å². The molecule has 18 heavy (non-hydrogen) atoms. The number of rotatable bonds is 8. The van der Waals surface area contributed by atoms with Crippen LogP contribution in [0.1, 0.15) is 19.3 Å². The van der Waals surface area contributed by atoms with E-state index in [-0.39, 0.29) is 5.91 Å². The van der Waals surface area contributed by atoms with Gasteiger partial charge in [-0.1, -0.05) is 0 Å². The van der Waals surface area contributed by atoms with Crippen LogP contribution in [-0.2, 0) is 4.79 Å². The minimum atomic E-state index is -0.271. The largest absolute Gasteiger partial charge is 0.490 e. The first-order valence-electron chi connectivity index (χ1n) is 5.78. The average Bonchev–Trinajstić information content (AvgIpc) is 2.37. The molecule has 0 atom stereocenters. The standard InChI is InChI=1S/C11H19N5O2/c1-13-10-9(18-2)11(16-7-15-10)14-6-4-3-5-8(12)17/h7H,3-6H2,1-2H3,(H2,12,17)(H2,13,14,15,16). The number of hydrogen-bond donors (Lipinski definition) is 3. The van der Waals surface area contributed by atoms with Crippen molar-refractivity contribution in [2.75, 3.05) is 31.3 Å². The zero-order chi connectivity index (χ0) is 13.4. The molecule has 1 heterocycles. The Morgan fingerprint density at radius 1 is 1.39 bits per heavy atom. The van der Waals surface area contributed by atoms with Crippen molar-refractivity contribution in [3.63, 3.8) is 0 Å². The first-order valence-corrected chi connectivity index (χ1v) is 5.78. The second kappa shape index (κ2) is 7.31. The molecule has 7 nitrogen and oxygen atoms in total. The van der Waals surface area contributed by atoms with Crippen LogP contribution in [0.4, 0.5) is 11.6 Å². The third-order valence-electron chi connectivity index (χ3n) is 2.39. The van der Waals surface area contributed by atoms with Crippen molar-refractivity contribution in [3.05, 3.63) is 6.33 Å². The monoisotopic (exact) mass is 253 g/mol. The normalized spacial score (nSPS) is 9.89. The summed E-state index contributed by atoms with van der Waals surface area (Å²) in [5, 5.41) is 6.07. The summed E-state index contributed by atoms with van der Waals surface area (Å²) in [5.41, 5.74) is 5.06. The molecule has 0 aromatic carbocycles. The Kier molecular flexibility index (Phi) is 5.69. The number of nitrogens with zero attached hydrogens (tertiary/aromatic N) is 2. The number of carbonyl (C=O) groups excluding carboxylic acids is 1. The number of anilines is 2. The summed E-state index contributed by atoms with van der Waals surface area (Å²) >= 11 is 0. The van der Waals surface area contributed by atoms with Crippen molar-refractivity contribution < 1.29 is 9.53 Å². The van der Waals surface area contributed by atoms with Gasteiger partial charge < -0.3 is 21.1 Å². The number of nitrogens with two attached hydrogens (primary N) is 1. The molecular weight excluding hydrogens is 234 g/mol. The van der Waals surface area contributed by atoms with Gasteiger partial charge in [0, 0.05) is 20.0 Å². The highest BCUT2D eigenvalue weighted by Crippen LogP contribution is 2.28. The van der Waals surface area contributed by atoms with E-state index in [2.05, 4.69) is 20.6 Å². The number of carbonyl (C=O) groups is 1. The molecule has 0 fully saturated rings. The van der Waals surface area contributed by atoms with Gasteiger partial charge in [-0.05, 0) is 12.8 Å². The predicted molar refractivity (Wildman–Crippen MR) is 69.7 cm³/mol. The van der Waals surface area contributed by atoms with E-state index in [9.17, 15) is 4.79 Å². The number of ether oxygens (including phenoxy) is 1. The molecule has 4 N–H and O–H groups in total. The molecule has 0 radical (unpaired) electrons. The number of aromatic nitrogens is 2. The Balaban J connectivity index is 2.49. The SMILES string of the molecule is CNc1ncnc(NCCCCC(N)=O)c1OC. The smallest absolute Gasteiger partial charge is 0.217 e. The maximum atomic E-state index is 10.6. The van der Waals surface area contributed by atoms with Gasteiger partial charge in [0.05, 0.1) is 7.11 Å². The molecule has 0 saturated carbocycles. The van der Waals surface area contributed by atoms with E-state index in [0.29, 0.717) is 30.4 Å². The van der Waals surface area contributed by atoms with E-state index in [4.69, 9.17) is 10.5 Å². The van der Waals surface area contributed by atoms with Gasteiger partial charge in [0.1, 0.15) is 6.33 Å². The van der Waals surface area contributed by atoms with Gasteiger partial charge in [0.15, 0.2) is 11.6 Å². The summed E-state index contributed by atoms with van der Waals surface area (Å²) in [6.45, 7) is 0.698. The number of nitrogens with one attached hydrogen (secondary N) is 2. The summed E-state index contributed by atoms with van der Waals surface area (Å²) < 4.78 is 5.24. The van der Waals surface area contributed by atoms with Crippen LogP contribution in [-0.4, -0.2) is 36.6 Å². The number of primary amides is 1. The second-order valence-corrected chi connectivity index (χ2v) is 3.70. The summed E-state index contributed by atoms with van der Waals surface area (Å²) in [6, 6.07) is 0. The van der Waals surface area contributed by atoms with Gasteiger partial charge in [0.2, 0.25) is 11.7 Å². The minimum Gasteiger partial charge on any atom is -0.490 e. The van der Waals surface area contributed by atoms with Crippen molar-refractivity contribution in [1.29, 1.82) is 0 Å². The van der Waals surface area contributed by atoms with Gasteiger partial charge in [-0.25, -0.2) is 9.97 Å². The van der Waals surface area contributed by atoms with Crippen molar-refractivity contribution in [2.24, 2.45) is 5.73 Å². The van der Waals surface area contributed by atoms with Gasteiger partial charge in [-0.3, -0.25) is 4.79 Å². The van der Waals surface area contributed by atoms with Crippen LogP contribution in [0.5, 0.6) is 5.75 Å². The first kappa shape index (κ1) is 14.0. The highest BCUT2D eigenvalue weighted by molar-refractivity contribution is 5.73. The molecule has 100 valence electrons. The lowest BCUT2D eigenvalue weighted by Crippen LogP contribution is -2.11. The Morgan fingerprint density at radius 3 is 2.72 bits per heavy atom. The molecule has 7 heteroatoms. The van der Waals surface area contributed by atoms with Gasteiger partial charge >= 0.3 is 0 Å². The summed E-state index contributed by atoms with van der Waals surface area (Å²) in [6.07, 6.45) is 3.46. The van der Waals surface area contributed by atoms with Crippen molar-refractivity contribution in [3.8, 4) is 5.75 Å². The quantitative estimate of drug-likeness (QED) is 0.586. The van der Waals surface area contributed by atoms with Crippen LogP contribution in [0.25, 0.3) is 0 Å². The summed E-state index contributed by atoms with van der Waals surface area (Å²) in [5.74, 6) is 1.57. The Labute approximate surface area is 106 Å². The van der Waals surface area contributed by atoms with E-state index in [0.717, 1.165) is 12.8 Å². The molecule has 0 aliphatic heterocycles. The lowest BCUT2D eigenvalue weighted by Gasteiger charge is -2.12. The van der Waals surface area contributed by atoms with Crippen LogP contribution < -0.4 is 21.1 Å². The lowest BCUT2D eigenvalue weighted by molar-refractivity contribution is -0.118. The molecule has 0 unspecified atom stereocenters. The molecule has 1 aromatic rings. The zero-order valence-corrected chi connectivity index (χ0v) is 10.7. The van der Waals surface area contributed by atoms with Gasteiger partial charge in [0.25, 0.3) is 0 Å². The number of unbranched alkanes of at least 4 members (excludes halogenated alkanes) is 1. The van der Waals surface area contributed by atoms with Gasteiger partial charge in [-0.15, -0.1) is 0 Å². The van der Waals surface area contributed by atoms with E-state index in [1.807, 2.05) is 0 Å². The molecule has 1 aromatic heterocycles. The van der Waals surface area contributed by atoms with Crippen LogP contribution in [0, 0.1) is 0 Å². The van der Waals surface area contributed by atoms with Crippen molar-refractivity contribution in [1.82, 2.24) is 9.97 Å². The third-order valence-corrected chi connectivity index (χ3v) is 2.39.